The zero-order valence-corrected chi connectivity index (χ0v) is 12.7. The number of benzene rings is 1. The van der Waals surface area contributed by atoms with Crippen LogP contribution in [0.25, 0.3) is 11.3 Å². The first-order chi connectivity index (χ1) is 9.19. The van der Waals surface area contributed by atoms with Gasteiger partial charge in [0.2, 0.25) is 5.91 Å². The molecule has 1 heterocycles. The minimum absolute atomic E-state index is 0.0574. The Morgan fingerprint density at radius 1 is 1.42 bits per heavy atom. The number of nitrogens with one attached hydrogen (secondary N) is 1. The Kier molecular flexibility index (Phi) is 5.24. The number of hydrogen-bond acceptors (Lipinski definition) is 4. The molecule has 100 valence electrons. The van der Waals surface area contributed by atoms with E-state index in [-0.39, 0.29) is 5.91 Å². The van der Waals surface area contributed by atoms with Crippen LogP contribution in [-0.4, -0.2) is 23.7 Å². The monoisotopic (exact) mass is 312 g/mol. The van der Waals surface area contributed by atoms with Crippen LogP contribution in [0, 0.1) is 0 Å². The van der Waals surface area contributed by atoms with Gasteiger partial charge in [-0.25, -0.2) is 4.98 Å². The first-order valence-corrected chi connectivity index (χ1v) is 7.98. The molecular weight excluding hydrogens is 300 g/mol. The number of thiazole rings is 1. The van der Waals surface area contributed by atoms with Gasteiger partial charge in [0.25, 0.3) is 0 Å². The van der Waals surface area contributed by atoms with Crippen LogP contribution in [0.15, 0.2) is 34.0 Å². The highest BCUT2D eigenvalue weighted by molar-refractivity contribution is 8.01. The summed E-state index contributed by atoms with van der Waals surface area (Å²) in [5, 5.41) is 5.35. The second kappa shape index (κ2) is 6.93. The number of amides is 1. The molecule has 0 aliphatic heterocycles. The lowest BCUT2D eigenvalue weighted by atomic mass is 10.2. The Morgan fingerprint density at radius 2 is 2.16 bits per heavy atom. The zero-order chi connectivity index (χ0) is 13.7. The number of aromatic nitrogens is 1. The third-order valence-corrected chi connectivity index (χ3v) is 4.73. The van der Waals surface area contributed by atoms with Gasteiger partial charge in [0.15, 0.2) is 4.34 Å². The number of carbonyl (C=O) groups excluding carboxylic acids is 1. The smallest absolute Gasteiger partial charge is 0.220 e. The summed E-state index contributed by atoms with van der Waals surface area (Å²) in [6.45, 7) is 0. The van der Waals surface area contributed by atoms with E-state index in [0.29, 0.717) is 6.42 Å². The zero-order valence-electron chi connectivity index (χ0n) is 10.4. The first-order valence-electron chi connectivity index (χ1n) is 5.74. The Hall–Kier alpha value is -1.04. The van der Waals surface area contributed by atoms with Crippen molar-refractivity contribution in [1.29, 1.82) is 0 Å². The molecule has 0 saturated heterocycles. The molecule has 1 aromatic carbocycles. The molecular formula is C13H13ClN2OS2. The summed E-state index contributed by atoms with van der Waals surface area (Å²) >= 11 is 9.05. The molecule has 0 radical (unpaired) electrons. The maximum atomic E-state index is 11.1. The molecule has 0 saturated carbocycles. The fourth-order valence-electron chi connectivity index (χ4n) is 1.43. The lowest BCUT2D eigenvalue weighted by Crippen LogP contribution is -2.17. The van der Waals surface area contributed by atoms with Crippen LogP contribution < -0.4 is 5.32 Å². The average molecular weight is 313 g/mol. The predicted molar refractivity (Wildman–Crippen MR) is 82.0 cm³/mol. The van der Waals surface area contributed by atoms with E-state index in [4.69, 9.17) is 11.6 Å². The normalized spacial score (nSPS) is 10.4. The molecule has 1 N–H and O–H groups in total. The van der Waals surface area contributed by atoms with Crippen molar-refractivity contribution < 1.29 is 4.79 Å². The van der Waals surface area contributed by atoms with E-state index < -0.39 is 0 Å². The topological polar surface area (TPSA) is 42.0 Å². The molecule has 6 heteroatoms. The molecule has 19 heavy (non-hydrogen) atoms. The second-order valence-electron chi connectivity index (χ2n) is 3.78. The fraction of sp³-hybridized carbons (Fsp3) is 0.231. The Morgan fingerprint density at radius 3 is 2.84 bits per heavy atom. The number of nitrogens with zero attached hydrogens (tertiary/aromatic N) is 1. The van der Waals surface area contributed by atoms with E-state index in [9.17, 15) is 4.79 Å². The molecule has 0 unspecified atom stereocenters. The number of rotatable bonds is 5. The number of thioether (sulfide) groups is 1. The van der Waals surface area contributed by atoms with Gasteiger partial charge in [-0.1, -0.05) is 35.5 Å². The van der Waals surface area contributed by atoms with Crippen molar-refractivity contribution in [2.75, 3.05) is 12.8 Å². The van der Waals surface area contributed by atoms with Gasteiger partial charge in [0, 0.05) is 35.2 Å². The molecule has 1 amide bonds. The van der Waals surface area contributed by atoms with Crippen molar-refractivity contribution in [3.05, 3.63) is 34.7 Å². The van der Waals surface area contributed by atoms with Gasteiger partial charge < -0.3 is 5.32 Å². The van der Waals surface area contributed by atoms with Crippen LogP contribution in [-0.2, 0) is 4.79 Å². The van der Waals surface area contributed by atoms with E-state index in [2.05, 4.69) is 10.3 Å². The van der Waals surface area contributed by atoms with Gasteiger partial charge in [0.05, 0.1) is 5.69 Å². The molecule has 0 spiro atoms. The third kappa shape index (κ3) is 4.23. The summed E-state index contributed by atoms with van der Waals surface area (Å²) < 4.78 is 0.980. The van der Waals surface area contributed by atoms with Gasteiger partial charge in [0.1, 0.15) is 0 Å². The van der Waals surface area contributed by atoms with Crippen molar-refractivity contribution in [2.24, 2.45) is 0 Å². The highest BCUT2D eigenvalue weighted by atomic mass is 35.5. The summed E-state index contributed by atoms with van der Waals surface area (Å²) in [4.78, 5) is 15.6. The fourth-order valence-corrected chi connectivity index (χ4v) is 3.40. The Labute approximate surface area is 125 Å². The number of hydrogen-bond donors (Lipinski definition) is 1. The largest absolute Gasteiger partial charge is 0.359 e. The lowest BCUT2D eigenvalue weighted by Gasteiger charge is -1.98. The number of carbonyl (C=O) groups is 1. The van der Waals surface area contributed by atoms with Crippen LogP contribution in [0.3, 0.4) is 0 Å². The van der Waals surface area contributed by atoms with Gasteiger partial charge in [-0.15, -0.1) is 11.3 Å². The average Bonchev–Trinajstić information content (AvgIpc) is 2.88. The quantitative estimate of drug-likeness (QED) is 0.856. The van der Waals surface area contributed by atoms with Crippen molar-refractivity contribution in [2.45, 2.75) is 10.8 Å². The molecule has 0 fully saturated rings. The van der Waals surface area contributed by atoms with Crippen molar-refractivity contribution >= 4 is 40.6 Å². The third-order valence-electron chi connectivity index (χ3n) is 2.46. The maximum Gasteiger partial charge on any atom is 0.220 e. The van der Waals surface area contributed by atoms with Crippen molar-refractivity contribution in [1.82, 2.24) is 10.3 Å². The molecule has 0 bridgehead atoms. The van der Waals surface area contributed by atoms with Crippen LogP contribution in [0.5, 0.6) is 0 Å². The molecule has 0 aliphatic rings. The first kappa shape index (κ1) is 14.4. The van der Waals surface area contributed by atoms with Gasteiger partial charge in [-0.2, -0.15) is 0 Å². The van der Waals surface area contributed by atoms with E-state index in [1.54, 1.807) is 30.1 Å². The van der Waals surface area contributed by atoms with E-state index in [1.807, 2.05) is 29.6 Å². The van der Waals surface area contributed by atoms with Crippen molar-refractivity contribution in [3.63, 3.8) is 0 Å². The van der Waals surface area contributed by atoms with Crippen LogP contribution in [0.2, 0.25) is 5.02 Å². The minimum Gasteiger partial charge on any atom is -0.359 e. The van der Waals surface area contributed by atoms with Crippen molar-refractivity contribution in [3.8, 4) is 11.3 Å². The Bertz CT molecular complexity index is 554. The van der Waals surface area contributed by atoms with Crippen LogP contribution in [0.4, 0.5) is 0 Å². The van der Waals surface area contributed by atoms with E-state index >= 15 is 0 Å². The summed E-state index contributed by atoms with van der Waals surface area (Å²) in [6.07, 6.45) is 0.511. The van der Waals surface area contributed by atoms with Gasteiger partial charge in [-0.05, 0) is 12.1 Å². The van der Waals surface area contributed by atoms with Crippen LogP contribution >= 0.6 is 34.7 Å². The minimum atomic E-state index is 0.0574. The standard InChI is InChI=1S/C13H13ClN2OS2/c1-15-12(17)6-7-18-13-16-11(8-19-13)9-2-4-10(14)5-3-9/h2-5,8H,6-7H2,1H3,(H,15,17). The van der Waals surface area contributed by atoms with Crippen LogP contribution in [0.1, 0.15) is 6.42 Å². The highest BCUT2D eigenvalue weighted by Crippen LogP contribution is 2.29. The second-order valence-corrected chi connectivity index (χ2v) is 6.41. The molecule has 3 nitrogen and oxygen atoms in total. The lowest BCUT2D eigenvalue weighted by molar-refractivity contribution is -0.120. The summed E-state index contributed by atoms with van der Waals surface area (Å²) in [6, 6.07) is 7.62. The summed E-state index contributed by atoms with van der Waals surface area (Å²) in [7, 11) is 1.65. The van der Waals surface area contributed by atoms with E-state index in [0.717, 1.165) is 26.4 Å². The molecule has 0 aliphatic carbocycles. The molecule has 2 rings (SSSR count). The number of halogens is 1. The SMILES string of the molecule is CNC(=O)CCSc1nc(-c2ccc(Cl)cc2)cs1. The van der Waals surface area contributed by atoms with E-state index in [1.165, 1.54) is 0 Å². The highest BCUT2D eigenvalue weighted by Gasteiger charge is 2.06. The molecule has 0 atom stereocenters. The molecule has 1 aromatic heterocycles. The maximum absolute atomic E-state index is 11.1. The van der Waals surface area contributed by atoms with Gasteiger partial charge in [-0.3, -0.25) is 4.79 Å². The summed E-state index contributed by atoms with van der Waals surface area (Å²) in [5.74, 6) is 0.801. The predicted octanol–water partition coefficient (Wildman–Crippen LogP) is 3.69. The Balaban J connectivity index is 1.95. The summed E-state index contributed by atoms with van der Waals surface area (Å²) in [5.41, 5.74) is 2.00. The molecule has 2 aromatic rings. The van der Waals surface area contributed by atoms with Gasteiger partial charge >= 0.3 is 0 Å².